The van der Waals surface area contributed by atoms with Crippen LogP contribution in [0.4, 0.5) is 4.79 Å². The van der Waals surface area contributed by atoms with E-state index in [1.165, 1.54) is 0 Å². The smallest absolute Gasteiger partial charge is 0.407 e. The highest BCUT2D eigenvalue weighted by Crippen LogP contribution is 2.07. The minimum Gasteiger partial charge on any atom is -0.444 e. The van der Waals surface area contributed by atoms with E-state index >= 15 is 0 Å². The number of para-hydroxylation sites is 1. The summed E-state index contributed by atoms with van der Waals surface area (Å²) in [6.45, 7) is 8.79. The summed E-state index contributed by atoms with van der Waals surface area (Å²) < 4.78 is 5.28. The van der Waals surface area contributed by atoms with Crippen molar-refractivity contribution >= 4 is 6.09 Å². The van der Waals surface area contributed by atoms with Crippen LogP contribution in [0, 0.1) is 0 Å². The maximum Gasteiger partial charge on any atom is 0.407 e. The lowest BCUT2D eigenvalue weighted by Crippen LogP contribution is -2.43. The van der Waals surface area contributed by atoms with Crippen molar-refractivity contribution in [3.63, 3.8) is 0 Å². The summed E-state index contributed by atoms with van der Waals surface area (Å²) in [4.78, 5) is 13.4. The number of alkyl carbamates (subject to hydrolysis) is 1. The van der Waals surface area contributed by atoms with Gasteiger partial charge in [0.2, 0.25) is 0 Å². The molecule has 0 saturated carbocycles. The van der Waals surface area contributed by atoms with Crippen molar-refractivity contribution < 1.29 is 9.53 Å². The number of nitrogens with one attached hydrogen (secondary N) is 2. The molecule has 2 rings (SSSR count). The van der Waals surface area contributed by atoms with E-state index in [9.17, 15) is 4.79 Å². The predicted molar refractivity (Wildman–Crippen MR) is 96.5 cm³/mol. The third-order valence-electron chi connectivity index (χ3n) is 3.44. The summed E-state index contributed by atoms with van der Waals surface area (Å²) >= 11 is 0. The molecule has 0 aliphatic rings. The Hall–Kier alpha value is -2.41. The topological polar surface area (TPSA) is 81.1 Å². The SMILES string of the molecule is CCC(CNCc1cnn(-c2ccccc2)n1)NC(=O)OC(C)(C)C. The highest BCUT2D eigenvalue weighted by atomic mass is 16.6. The van der Waals surface area contributed by atoms with Gasteiger partial charge in [-0.05, 0) is 39.3 Å². The van der Waals surface area contributed by atoms with Crippen LogP contribution < -0.4 is 10.6 Å². The first kappa shape index (κ1) is 18.9. The lowest BCUT2D eigenvalue weighted by molar-refractivity contribution is 0.0502. The fourth-order valence-corrected chi connectivity index (χ4v) is 2.21. The van der Waals surface area contributed by atoms with E-state index < -0.39 is 11.7 Å². The standard InChI is InChI=1S/C18H27N5O2/c1-5-14(21-17(24)25-18(2,3)4)11-19-12-15-13-20-23(22-15)16-9-7-6-8-10-16/h6-10,13-14,19H,5,11-12H2,1-4H3,(H,21,24). The number of amides is 1. The lowest BCUT2D eigenvalue weighted by Gasteiger charge is -2.23. The third kappa shape index (κ3) is 6.54. The number of hydrogen-bond donors (Lipinski definition) is 2. The molecule has 7 nitrogen and oxygen atoms in total. The third-order valence-corrected chi connectivity index (χ3v) is 3.44. The molecular formula is C18H27N5O2. The van der Waals surface area contributed by atoms with Crippen LogP contribution in [0.1, 0.15) is 39.8 Å². The predicted octanol–water partition coefficient (Wildman–Crippen LogP) is 2.66. The van der Waals surface area contributed by atoms with Gasteiger partial charge in [-0.3, -0.25) is 0 Å². The van der Waals surface area contributed by atoms with Crippen LogP contribution in [0.2, 0.25) is 0 Å². The van der Waals surface area contributed by atoms with E-state index in [2.05, 4.69) is 20.8 Å². The molecule has 0 spiro atoms. The number of rotatable bonds is 7. The normalized spacial score (nSPS) is 12.6. The molecule has 1 unspecified atom stereocenters. The molecule has 7 heteroatoms. The zero-order chi connectivity index (χ0) is 18.3. The molecule has 1 atom stereocenters. The Morgan fingerprint density at radius 2 is 2.00 bits per heavy atom. The van der Waals surface area contributed by atoms with Crippen LogP contribution in [0.3, 0.4) is 0 Å². The largest absolute Gasteiger partial charge is 0.444 e. The van der Waals surface area contributed by atoms with Crippen molar-refractivity contribution in [2.45, 2.75) is 52.3 Å². The number of carbonyl (C=O) groups excluding carboxylic acids is 1. The fourth-order valence-electron chi connectivity index (χ4n) is 2.21. The average Bonchev–Trinajstić information content (AvgIpc) is 3.02. The summed E-state index contributed by atoms with van der Waals surface area (Å²) in [5.74, 6) is 0. The maximum atomic E-state index is 11.8. The van der Waals surface area contributed by atoms with Gasteiger partial charge in [-0.25, -0.2) is 4.79 Å². The highest BCUT2D eigenvalue weighted by molar-refractivity contribution is 5.68. The Labute approximate surface area is 148 Å². The first-order chi connectivity index (χ1) is 11.9. The Balaban J connectivity index is 1.79. The molecule has 0 aliphatic heterocycles. The second-order valence-corrected chi connectivity index (χ2v) is 6.84. The van der Waals surface area contributed by atoms with Gasteiger partial charge < -0.3 is 15.4 Å². The summed E-state index contributed by atoms with van der Waals surface area (Å²) in [5.41, 5.74) is 1.27. The fraction of sp³-hybridized carbons (Fsp3) is 0.500. The number of ether oxygens (including phenoxy) is 1. The quantitative estimate of drug-likeness (QED) is 0.806. The van der Waals surface area contributed by atoms with Crippen LogP contribution in [0.5, 0.6) is 0 Å². The van der Waals surface area contributed by atoms with Gasteiger partial charge in [-0.2, -0.15) is 15.0 Å². The number of carbonyl (C=O) groups is 1. The van der Waals surface area contributed by atoms with E-state index in [4.69, 9.17) is 4.74 Å². The van der Waals surface area contributed by atoms with Crippen LogP contribution in [0.15, 0.2) is 36.5 Å². The van der Waals surface area contributed by atoms with E-state index in [1.54, 1.807) is 11.0 Å². The lowest BCUT2D eigenvalue weighted by atomic mass is 10.2. The monoisotopic (exact) mass is 345 g/mol. The molecular weight excluding hydrogens is 318 g/mol. The molecule has 1 aromatic carbocycles. The van der Waals surface area contributed by atoms with Crippen molar-refractivity contribution in [3.8, 4) is 5.69 Å². The molecule has 0 aliphatic carbocycles. The van der Waals surface area contributed by atoms with Gasteiger partial charge in [-0.1, -0.05) is 25.1 Å². The molecule has 136 valence electrons. The van der Waals surface area contributed by atoms with Gasteiger partial charge in [0.15, 0.2) is 0 Å². The molecule has 25 heavy (non-hydrogen) atoms. The van der Waals surface area contributed by atoms with Crippen molar-refractivity contribution in [2.24, 2.45) is 0 Å². The molecule has 0 radical (unpaired) electrons. The van der Waals surface area contributed by atoms with Gasteiger partial charge in [0.25, 0.3) is 0 Å². The van der Waals surface area contributed by atoms with Crippen molar-refractivity contribution in [1.29, 1.82) is 0 Å². The van der Waals surface area contributed by atoms with Crippen LogP contribution in [0.25, 0.3) is 5.69 Å². The molecule has 2 N–H and O–H groups in total. The summed E-state index contributed by atoms with van der Waals surface area (Å²) in [7, 11) is 0. The molecule has 1 amide bonds. The minimum absolute atomic E-state index is 0.000909. The van der Waals surface area contributed by atoms with E-state index in [1.807, 2.05) is 58.0 Å². The molecule has 2 aromatic rings. The zero-order valence-corrected chi connectivity index (χ0v) is 15.3. The Bertz CT molecular complexity index is 664. The average molecular weight is 345 g/mol. The van der Waals surface area contributed by atoms with Crippen molar-refractivity contribution in [1.82, 2.24) is 25.6 Å². The van der Waals surface area contributed by atoms with Gasteiger partial charge in [0, 0.05) is 19.1 Å². The Morgan fingerprint density at radius 1 is 1.28 bits per heavy atom. The van der Waals surface area contributed by atoms with Crippen molar-refractivity contribution in [3.05, 3.63) is 42.2 Å². The van der Waals surface area contributed by atoms with Gasteiger partial charge >= 0.3 is 6.09 Å². The molecule has 0 fully saturated rings. The maximum absolute atomic E-state index is 11.8. The summed E-state index contributed by atoms with van der Waals surface area (Å²) in [5, 5.41) is 14.9. The van der Waals surface area contributed by atoms with Gasteiger partial charge in [0.1, 0.15) is 5.60 Å². The first-order valence-corrected chi connectivity index (χ1v) is 8.54. The molecule has 0 bridgehead atoms. The zero-order valence-electron chi connectivity index (χ0n) is 15.3. The highest BCUT2D eigenvalue weighted by Gasteiger charge is 2.18. The number of nitrogens with zero attached hydrogens (tertiary/aromatic N) is 3. The molecule has 0 saturated heterocycles. The first-order valence-electron chi connectivity index (χ1n) is 8.54. The van der Waals surface area contributed by atoms with E-state index in [0.29, 0.717) is 13.1 Å². The van der Waals surface area contributed by atoms with Gasteiger partial charge in [-0.15, -0.1) is 0 Å². The number of benzene rings is 1. The van der Waals surface area contributed by atoms with Gasteiger partial charge in [0.05, 0.1) is 17.6 Å². The Kier molecular flexibility index (Phi) is 6.52. The molecule has 1 aromatic heterocycles. The number of hydrogen-bond acceptors (Lipinski definition) is 5. The van der Waals surface area contributed by atoms with Crippen LogP contribution in [-0.2, 0) is 11.3 Å². The van der Waals surface area contributed by atoms with Crippen LogP contribution >= 0.6 is 0 Å². The van der Waals surface area contributed by atoms with E-state index in [0.717, 1.165) is 17.8 Å². The van der Waals surface area contributed by atoms with Crippen molar-refractivity contribution in [2.75, 3.05) is 6.54 Å². The minimum atomic E-state index is -0.494. The van der Waals surface area contributed by atoms with Crippen LogP contribution in [-0.4, -0.2) is 39.3 Å². The summed E-state index contributed by atoms with van der Waals surface area (Å²) in [6.07, 6.45) is 2.15. The number of aromatic nitrogens is 3. The van der Waals surface area contributed by atoms with E-state index in [-0.39, 0.29) is 6.04 Å². The second kappa shape index (κ2) is 8.62. The molecule has 1 heterocycles. The Morgan fingerprint density at radius 3 is 2.64 bits per heavy atom. The second-order valence-electron chi connectivity index (χ2n) is 6.84. The summed E-state index contributed by atoms with van der Waals surface area (Å²) in [6, 6.07) is 9.76.